The zero-order chi connectivity index (χ0) is 15.8. The first-order valence-electron chi connectivity index (χ1n) is 7.52. The topological polar surface area (TPSA) is 62.2 Å². The second kappa shape index (κ2) is 10.9. The molecule has 0 bridgehead atoms. The molecule has 0 aliphatic heterocycles. The van der Waals surface area contributed by atoms with E-state index in [0.717, 1.165) is 43.4 Å². The summed E-state index contributed by atoms with van der Waals surface area (Å²) in [5, 5.41) is 8.94. The fourth-order valence-electron chi connectivity index (χ4n) is 1.93. The molecule has 0 saturated heterocycles. The summed E-state index contributed by atoms with van der Waals surface area (Å²) in [5.41, 5.74) is 0. The van der Waals surface area contributed by atoms with Gasteiger partial charge in [0.05, 0.1) is 10.0 Å². The molecule has 5 nitrogen and oxygen atoms in total. The summed E-state index contributed by atoms with van der Waals surface area (Å²) >= 11 is 3.49. The summed E-state index contributed by atoms with van der Waals surface area (Å²) in [6.45, 7) is 8.69. The number of rotatable bonds is 7. The molecule has 2 rings (SSSR count). The van der Waals surface area contributed by atoms with E-state index in [0.29, 0.717) is 0 Å². The third kappa shape index (κ3) is 7.58. The van der Waals surface area contributed by atoms with E-state index in [2.05, 4.69) is 46.4 Å². The van der Waals surface area contributed by atoms with Crippen molar-refractivity contribution in [1.29, 1.82) is 0 Å². The molecule has 2 heterocycles. The van der Waals surface area contributed by atoms with Crippen molar-refractivity contribution in [3.63, 3.8) is 0 Å². The van der Waals surface area contributed by atoms with Crippen molar-refractivity contribution >= 4 is 52.6 Å². The number of halogens is 1. The molecule has 2 aromatic rings. The van der Waals surface area contributed by atoms with Gasteiger partial charge in [-0.1, -0.05) is 0 Å². The molecule has 128 valence electrons. The minimum absolute atomic E-state index is 0. The van der Waals surface area contributed by atoms with E-state index < -0.39 is 0 Å². The number of guanidine groups is 1. The summed E-state index contributed by atoms with van der Waals surface area (Å²) < 4.78 is 0. The Balaban J connectivity index is 0.00000264. The van der Waals surface area contributed by atoms with Crippen LogP contribution in [0.3, 0.4) is 0 Å². The first-order chi connectivity index (χ1) is 10.7. The van der Waals surface area contributed by atoms with Gasteiger partial charge >= 0.3 is 0 Å². The van der Waals surface area contributed by atoms with Crippen molar-refractivity contribution in [2.75, 3.05) is 19.6 Å². The number of aryl methyl sites for hydroxylation is 2. The maximum atomic E-state index is 4.60. The van der Waals surface area contributed by atoms with Gasteiger partial charge in [-0.2, -0.15) is 0 Å². The Bertz CT molecular complexity index is 609. The molecule has 8 heteroatoms. The maximum absolute atomic E-state index is 4.60. The highest BCUT2D eigenvalue weighted by atomic mass is 127. The summed E-state index contributed by atoms with van der Waals surface area (Å²) in [5.74, 6) is 0.865. The highest BCUT2D eigenvalue weighted by molar-refractivity contribution is 14.0. The van der Waals surface area contributed by atoms with Gasteiger partial charge in [0.2, 0.25) is 0 Å². The Kier molecular flexibility index (Phi) is 9.65. The Morgan fingerprint density at radius 3 is 2.17 bits per heavy atom. The number of hydrogen-bond donors (Lipinski definition) is 2. The molecule has 0 spiro atoms. The second-order valence-corrected chi connectivity index (χ2v) is 7.56. The Morgan fingerprint density at radius 2 is 1.65 bits per heavy atom. The molecule has 2 aromatic heterocycles. The van der Waals surface area contributed by atoms with Gasteiger partial charge in [0.1, 0.15) is 0 Å². The third-order valence-corrected chi connectivity index (χ3v) is 4.85. The maximum Gasteiger partial charge on any atom is 0.191 e. The van der Waals surface area contributed by atoms with Crippen molar-refractivity contribution in [3.05, 3.63) is 32.2 Å². The first-order valence-corrected chi connectivity index (χ1v) is 9.15. The van der Waals surface area contributed by atoms with Crippen LogP contribution in [-0.4, -0.2) is 35.6 Å². The zero-order valence-electron chi connectivity index (χ0n) is 13.8. The van der Waals surface area contributed by atoms with E-state index in [1.165, 1.54) is 14.8 Å². The molecule has 0 amide bonds. The lowest BCUT2D eigenvalue weighted by Crippen LogP contribution is -2.38. The van der Waals surface area contributed by atoms with E-state index >= 15 is 0 Å². The molecule has 2 N–H and O–H groups in total. The van der Waals surface area contributed by atoms with Gasteiger partial charge in [-0.15, -0.1) is 46.7 Å². The lowest BCUT2D eigenvalue weighted by Gasteiger charge is -2.10. The van der Waals surface area contributed by atoms with E-state index in [1.807, 2.05) is 12.4 Å². The van der Waals surface area contributed by atoms with Gasteiger partial charge in [-0.3, -0.25) is 4.99 Å². The monoisotopic (exact) mass is 465 g/mol. The molecule has 0 radical (unpaired) electrons. The number of aliphatic imine (C=N–C) groups is 1. The summed E-state index contributed by atoms with van der Waals surface area (Å²) in [7, 11) is 0. The number of thiazole rings is 2. The smallest absolute Gasteiger partial charge is 0.191 e. The van der Waals surface area contributed by atoms with Crippen LogP contribution in [0.25, 0.3) is 0 Å². The van der Waals surface area contributed by atoms with Crippen molar-refractivity contribution in [3.8, 4) is 0 Å². The first kappa shape index (κ1) is 20.3. The molecule has 0 aliphatic rings. The molecule has 23 heavy (non-hydrogen) atoms. The quantitative estimate of drug-likeness (QED) is 0.375. The minimum Gasteiger partial charge on any atom is -0.357 e. The largest absolute Gasteiger partial charge is 0.357 e. The average molecular weight is 465 g/mol. The molecule has 0 atom stereocenters. The Labute approximate surface area is 163 Å². The predicted octanol–water partition coefficient (Wildman–Crippen LogP) is 3.17. The van der Waals surface area contributed by atoms with Gasteiger partial charge in [0, 0.05) is 54.6 Å². The molecule has 0 fully saturated rings. The van der Waals surface area contributed by atoms with E-state index in [4.69, 9.17) is 0 Å². The zero-order valence-corrected chi connectivity index (χ0v) is 17.7. The van der Waals surface area contributed by atoms with Crippen LogP contribution >= 0.6 is 46.7 Å². The minimum atomic E-state index is 0. The summed E-state index contributed by atoms with van der Waals surface area (Å²) in [6, 6.07) is 0. The number of nitrogens with zero attached hydrogens (tertiary/aromatic N) is 3. The summed E-state index contributed by atoms with van der Waals surface area (Å²) in [6.07, 6.45) is 5.66. The fourth-order valence-corrected chi connectivity index (χ4v) is 3.49. The van der Waals surface area contributed by atoms with Crippen LogP contribution in [0.15, 0.2) is 17.4 Å². The molecule has 0 aliphatic carbocycles. The standard InChI is InChI=1S/C15H23N5S2.HI/c1-4-16-15(17-7-5-13-19-9-11(2)21-13)18-8-6-14-20-10-12(3)22-14;/h9-10H,4-8H2,1-3H3,(H2,16,17,18);1H. The Hall–Kier alpha value is -0.740. The van der Waals surface area contributed by atoms with Crippen LogP contribution in [0.4, 0.5) is 0 Å². The number of nitrogens with one attached hydrogen (secondary N) is 2. The SMILES string of the molecule is CCNC(=NCCc1ncc(C)s1)NCCc1ncc(C)s1.I. The summed E-state index contributed by atoms with van der Waals surface area (Å²) in [4.78, 5) is 15.8. The lowest BCUT2D eigenvalue weighted by atomic mass is 10.4. The molecular formula is C15H24IN5S2. The number of aromatic nitrogens is 2. The van der Waals surface area contributed by atoms with Crippen LogP contribution in [0.5, 0.6) is 0 Å². The van der Waals surface area contributed by atoms with Crippen LogP contribution < -0.4 is 10.6 Å². The Morgan fingerprint density at radius 1 is 1.04 bits per heavy atom. The highest BCUT2D eigenvalue weighted by Crippen LogP contribution is 2.12. The molecule has 0 aromatic carbocycles. The average Bonchev–Trinajstić information content (AvgIpc) is 3.08. The molecule has 0 saturated carbocycles. The number of hydrogen-bond acceptors (Lipinski definition) is 5. The molecule has 0 unspecified atom stereocenters. The highest BCUT2D eigenvalue weighted by Gasteiger charge is 2.02. The third-order valence-electron chi connectivity index (χ3n) is 2.91. The normalized spacial score (nSPS) is 11.2. The van der Waals surface area contributed by atoms with Gasteiger partial charge in [0.15, 0.2) is 5.96 Å². The van der Waals surface area contributed by atoms with E-state index in [-0.39, 0.29) is 24.0 Å². The second-order valence-electron chi connectivity index (χ2n) is 4.92. The van der Waals surface area contributed by atoms with Crippen LogP contribution in [0.2, 0.25) is 0 Å². The van der Waals surface area contributed by atoms with Gasteiger partial charge in [-0.25, -0.2) is 9.97 Å². The van der Waals surface area contributed by atoms with Crippen molar-refractivity contribution in [1.82, 2.24) is 20.6 Å². The van der Waals surface area contributed by atoms with Crippen LogP contribution in [0, 0.1) is 13.8 Å². The van der Waals surface area contributed by atoms with Crippen LogP contribution in [-0.2, 0) is 12.8 Å². The van der Waals surface area contributed by atoms with Crippen LogP contribution in [0.1, 0.15) is 26.7 Å². The lowest BCUT2D eigenvalue weighted by molar-refractivity contribution is 0.793. The van der Waals surface area contributed by atoms with E-state index in [9.17, 15) is 0 Å². The van der Waals surface area contributed by atoms with Crippen molar-refractivity contribution in [2.45, 2.75) is 33.6 Å². The van der Waals surface area contributed by atoms with Crippen molar-refractivity contribution < 1.29 is 0 Å². The van der Waals surface area contributed by atoms with Gasteiger partial charge in [-0.05, 0) is 20.8 Å². The molecular weight excluding hydrogens is 441 g/mol. The van der Waals surface area contributed by atoms with Gasteiger partial charge in [0.25, 0.3) is 0 Å². The van der Waals surface area contributed by atoms with Gasteiger partial charge < -0.3 is 10.6 Å². The fraction of sp³-hybridized carbons (Fsp3) is 0.533. The predicted molar refractivity (Wildman–Crippen MR) is 111 cm³/mol. The van der Waals surface area contributed by atoms with E-state index in [1.54, 1.807) is 22.7 Å². The van der Waals surface area contributed by atoms with Crippen molar-refractivity contribution in [2.24, 2.45) is 4.99 Å².